The summed E-state index contributed by atoms with van der Waals surface area (Å²) in [5.41, 5.74) is 0.280. The van der Waals surface area contributed by atoms with Crippen molar-refractivity contribution in [2.45, 2.75) is 6.18 Å². The second-order valence-electron chi connectivity index (χ2n) is 5.39. The average molecular weight is 345 g/mol. The van der Waals surface area contributed by atoms with Crippen LogP contribution in [0.2, 0.25) is 0 Å². The molecule has 1 N–H and O–H groups in total. The summed E-state index contributed by atoms with van der Waals surface area (Å²) in [7, 11) is 0. The smallest absolute Gasteiger partial charge is 0.417 e. The van der Waals surface area contributed by atoms with Gasteiger partial charge in [0.05, 0.1) is 17.3 Å². The summed E-state index contributed by atoms with van der Waals surface area (Å²) < 4.78 is 47.0. The number of fused-ring (bicyclic) bond motifs is 2. The Bertz CT molecular complexity index is 1160. The van der Waals surface area contributed by atoms with E-state index in [1.807, 2.05) is 18.3 Å². The van der Waals surface area contributed by atoms with Gasteiger partial charge in [0, 0.05) is 17.8 Å². The Morgan fingerprint density at radius 3 is 2.72 bits per heavy atom. The maximum Gasteiger partial charge on any atom is 0.417 e. The van der Waals surface area contributed by atoms with Gasteiger partial charge in [-0.2, -0.15) is 13.2 Å². The largest absolute Gasteiger partial charge is 0.454 e. The third-order valence-corrected chi connectivity index (χ3v) is 3.85. The zero-order valence-electron chi connectivity index (χ0n) is 12.5. The van der Waals surface area contributed by atoms with E-state index in [1.54, 1.807) is 16.8 Å². The van der Waals surface area contributed by atoms with E-state index in [-0.39, 0.29) is 22.1 Å². The summed E-state index contributed by atoms with van der Waals surface area (Å²) in [4.78, 5) is 4.23. The van der Waals surface area contributed by atoms with Crippen molar-refractivity contribution in [3.63, 3.8) is 0 Å². The van der Waals surface area contributed by atoms with Crippen LogP contribution in [0.15, 0.2) is 64.6 Å². The van der Waals surface area contributed by atoms with E-state index in [1.165, 1.54) is 18.2 Å². The molecule has 0 saturated carbocycles. The van der Waals surface area contributed by atoms with Gasteiger partial charge in [0.1, 0.15) is 16.6 Å². The maximum atomic E-state index is 13.2. The molecule has 0 spiro atoms. The first-order valence-electron chi connectivity index (χ1n) is 7.22. The Morgan fingerprint density at radius 1 is 1.12 bits per heavy atom. The quantitative estimate of drug-likeness (QED) is 0.418. The lowest BCUT2D eigenvalue weighted by atomic mass is 10.1. The molecule has 0 radical (unpaired) electrons. The molecule has 0 unspecified atom stereocenters. The fraction of sp³-hybridized carbons (Fsp3) is 0.0588. The molecule has 3 aromatic heterocycles. The van der Waals surface area contributed by atoms with Gasteiger partial charge in [-0.1, -0.05) is 11.2 Å². The first-order chi connectivity index (χ1) is 12.0. The van der Waals surface area contributed by atoms with Gasteiger partial charge >= 0.3 is 6.18 Å². The Balaban J connectivity index is 2.01. The number of rotatable bonds is 1. The van der Waals surface area contributed by atoms with E-state index in [0.29, 0.717) is 5.69 Å². The van der Waals surface area contributed by atoms with Crippen LogP contribution in [0.4, 0.5) is 13.2 Å². The highest BCUT2D eigenvalue weighted by Gasteiger charge is 2.33. The van der Waals surface area contributed by atoms with Gasteiger partial charge in [-0.3, -0.25) is 0 Å². The molecule has 0 atom stereocenters. The minimum atomic E-state index is -4.60. The zero-order chi connectivity index (χ0) is 17.6. The van der Waals surface area contributed by atoms with E-state index in [0.717, 1.165) is 11.6 Å². The third kappa shape index (κ3) is 2.51. The zero-order valence-corrected chi connectivity index (χ0v) is 12.5. The highest BCUT2D eigenvalue weighted by atomic mass is 19.4. The average Bonchev–Trinajstić information content (AvgIpc) is 3.07. The van der Waals surface area contributed by atoms with Crippen LogP contribution in [0, 0.1) is 0 Å². The lowest BCUT2D eigenvalue weighted by molar-refractivity contribution is -0.136. The van der Waals surface area contributed by atoms with Crippen molar-refractivity contribution in [2.24, 2.45) is 5.16 Å². The van der Waals surface area contributed by atoms with E-state index in [4.69, 9.17) is 4.42 Å². The fourth-order valence-electron chi connectivity index (χ4n) is 2.74. The van der Waals surface area contributed by atoms with Crippen LogP contribution in [-0.4, -0.2) is 14.6 Å². The van der Waals surface area contributed by atoms with Crippen molar-refractivity contribution in [3.8, 4) is 11.5 Å². The summed E-state index contributed by atoms with van der Waals surface area (Å²) in [5.74, 6) is 0.198. The van der Waals surface area contributed by atoms with Crippen LogP contribution in [0.1, 0.15) is 5.56 Å². The normalized spacial score (nSPS) is 13.0. The highest BCUT2D eigenvalue weighted by molar-refractivity contribution is 5.82. The molecule has 0 saturated heterocycles. The Hall–Kier alpha value is -3.29. The Labute approximate surface area is 138 Å². The van der Waals surface area contributed by atoms with Gasteiger partial charge in [0.25, 0.3) is 0 Å². The Morgan fingerprint density at radius 2 is 1.96 bits per heavy atom. The molecule has 4 aromatic rings. The molecule has 5 nitrogen and oxygen atoms in total. The van der Waals surface area contributed by atoms with Gasteiger partial charge in [-0.15, -0.1) is 0 Å². The van der Waals surface area contributed by atoms with Crippen LogP contribution in [0.3, 0.4) is 0 Å². The number of alkyl halides is 3. The van der Waals surface area contributed by atoms with Crippen molar-refractivity contribution in [2.75, 3.05) is 0 Å². The molecule has 1 aromatic carbocycles. The van der Waals surface area contributed by atoms with Gasteiger partial charge in [-0.05, 0) is 30.3 Å². The highest BCUT2D eigenvalue weighted by Crippen LogP contribution is 2.34. The molecular weight excluding hydrogens is 335 g/mol. The number of hydrogen-bond acceptors (Lipinski definition) is 4. The van der Waals surface area contributed by atoms with Crippen LogP contribution in [-0.2, 0) is 6.18 Å². The number of nitrogens with zero attached hydrogens (tertiary/aromatic N) is 3. The van der Waals surface area contributed by atoms with Gasteiger partial charge in [-0.25, -0.2) is 4.98 Å². The minimum absolute atomic E-state index is 0.0443. The molecule has 0 aliphatic heterocycles. The maximum absolute atomic E-state index is 13.2. The molecule has 0 bridgehead atoms. The number of hydrogen-bond donors (Lipinski definition) is 1. The number of benzene rings is 1. The second kappa shape index (κ2) is 5.37. The summed E-state index contributed by atoms with van der Waals surface area (Å²) >= 11 is 0. The third-order valence-electron chi connectivity index (χ3n) is 3.85. The van der Waals surface area contributed by atoms with E-state index < -0.39 is 11.7 Å². The summed E-state index contributed by atoms with van der Waals surface area (Å²) in [5, 5.41) is 11.7. The van der Waals surface area contributed by atoms with Crippen LogP contribution in [0.5, 0.6) is 0 Å². The molecular formula is C17H10F3N3O2. The summed E-state index contributed by atoms with van der Waals surface area (Å²) in [6.07, 6.45) is -1.22. The predicted molar refractivity (Wildman–Crippen MR) is 82.8 cm³/mol. The molecule has 0 amide bonds. The monoisotopic (exact) mass is 345 g/mol. The van der Waals surface area contributed by atoms with Crippen molar-refractivity contribution >= 4 is 16.5 Å². The molecule has 8 heteroatoms. The first-order valence-corrected chi connectivity index (χ1v) is 7.22. The molecule has 126 valence electrons. The van der Waals surface area contributed by atoms with Crippen molar-refractivity contribution in [1.82, 2.24) is 9.38 Å². The molecule has 4 rings (SSSR count). The van der Waals surface area contributed by atoms with E-state index in [9.17, 15) is 18.4 Å². The number of aromatic nitrogens is 2. The molecule has 0 fully saturated rings. The fourth-order valence-corrected chi connectivity index (χ4v) is 2.74. The summed E-state index contributed by atoms with van der Waals surface area (Å²) in [6, 6.07) is 10.2. The molecule has 25 heavy (non-hydrogen) atoms. The number of halogens is 3. The summed E-state index contributed by atoms with van der Waals surface area (Å²) in [6.45, 7) is 0. The minimum Gasteiger partial charge on any atom is -0.454 e. The van der Waals surface area contributed by atoms with Gasteiger partial charge < -0.3 is 14.0 Å². The lowest BCUT2D eigenvalue weighted by Crippen LogP contribution is -2.13. The van der Waals surface area contributed by atoms with Gasteiger partial charge in [0.2, 0.25) is 0 Å². The first kappa shape index (κ1) is 15.3. The van der Waals surface area contributed by atoms with Crippen molar-refractivity contribution in [1.29, 1.82) is 0 Å². The topological polar surface area (TPSA) is 63.0 Å². The van der Waals surface area contributed by atoms with Crippen LogP contribution in [0.25, 0.3) is 27.9 Å². The van der Waals surface area contributed by atoms with Crippen LogP contribution >= 0.6 is 0 Å². The SMILES string of the molecule is O/N=c1\cc(-c2cc3cccn3cn2)oc2cccc(C(F)(F)F)c12. The van der Waals surface area contributed by atoms with Crippen molar-refractivity contribution in [3.05, 3.63) is 65.9 Å². The van der Waals surface area contributed by atoms with Gasteiger partial charge in [0.15, 0.2) is 5.76 Å². The van der Waals surface area contributed by atoms with E-state index in [2.05, 4.69) is 10.1 Å². The van der Waals surface area contributed by atoms with E-state index >= 15 is 0 Å². The molecule has 0 aliphatic rings. The second-order valence-corrected chi connectivity index (χ2v) is 5.39. The Kier molecular flexibility index (Phi) is 3.28. The van der Waals surface area contributed by atoms with Crippen molar-refractivity contribution < 1.29 is 22.8 Å². The predicted octanol–water partition coefficient (Wildman–Crippen LogP) is 4.06. The molecule has 3 heterocycles. The lowest BCUT2D eigenvalue weighted by Gasteiger charge is -2.11. The van der Waals surface area contributed by atoms with Crippen LogP contribution < -0.4 is 5.36 Å². The standard InChI is InChI=1S/C17H10F3N3O2/c18-17(19,20)11-4-1-5-14-16(11)13(22-24)8-15(25-14)12-7-10-3-2-6-23(10)9-21-12/h1-9,24H/b22-13+. The molecule has 0 aliphatic carbocycles.